The second-order valence-electron chi connectivity index (χ2n) is 3.86. The second-order valence-corrected chi connectivity index (χ2v) is 3.86. The lowest BCUT2D eigenvalue weighted by Gasteiger charge is -2.17. The van der Waals surface area contributed by atoms with Crippen LogP contribution < -0.4 is 5.32 Å². The zero-order valence-electron chi connectivity index (χ0n) is 9.89. The van der Waals surface area contributed by atoms with Crippen LogP contribution in [0.5, 0.6) is 0 Å². The smallest absolute Gasteiger partial charge is 0.126 e. The van der Waals surface area contributed by atoms with Crippen molar-refractivity contribution in [2.24, 2.45) is 0 Å². The molecule has 0 amide bonds. The largest absolute Gasteiger partial charge is 0.310 e. The van der Waals surface area contributed by atoms with Crippen molar-refractivity contribution in [3.8, 4) is 12.3 Å². The summed E-state index contributed by atoms with van der Waals surface area (Å²) in [7, 11) is 0. The van der Waals surface area contributed by atoms with E-state index in [4.69, 9.17) is 6.42 Å². The number of benzene rings is 1. The monoisotopic (exact) mass is 219 g/mol. The average Bonchev–Trinajstić information content (AvgIpc) is 2.28. The minimum atomic E-state index is -0.152. The van der Waals surface area contributed by atoms with Crippen LogP contribution in [0.15, 0.2) is 18.2 Å². The van der Waals surface area contributed by atoms with Crippen molar-refractivity contribution in [1.29, 1.82) is 0 Å². The third kappa shape index (κ3) is 3.36. The van der Waals surface area contributed by atoms with Gasteiger partial charge in [0.25, 0.3) is 0 Å². The normalized spacial score (nSPS) is 12.1. The molecule has 1 aromatic carbocycles. The van der Waals surface area contributed by atoms with E-state index in [1.807, 2.05) is 19.1 Å². The molecule has 1 N–H and O–H groups in total. The Kier molecular flexibility index (Phi) is 5.01. The Morgan fingerprint density at radius 1 is 1.50 bits per heavy atom. The van der Waals surface area contributed by atoms with E-state index in [1.165, 1.54) is 0 Å². The van der Waals surface area contributed by atoms with Crippen LogP contribution in [-0.4, -0.2) is 6.54 Å². The van der Waals surface area contributed by atoms with Crippen LogP contribution in [0.3, 0.4) is 0 Å². The fourth-order valence-electron chi connectivity index (χ4n) is 1.69. The SMILES string of the molecule is C#CCCC(NCC)c1ccc(C)c(F)c1. The van der Waals surface area contributed by atoms with Gasteiger partial charge in [0, 0.05) is 12.5 Å². The van der Waals surface area contributed by atoms with Gasteiger partial charge in [-0.15, -0.1) is 12.3 Å². The molecule has 0 heterocycles. The van der Waals surface area contributed by atoms with Crippen LogP contribution in [0.2, 0.25) is 0 Å². The molecule has 1 nitrogen and oxygen atoms in total. The summed E-state index contributed by atoms with van der Waals surface area (Å²) in [5, 5.41) is 3.32. The number of nitrogens with one attached hydrogen (secondary N) is 1. The van der Waals surface area contributed by atoms with Crippen LogP contribution in [0.1, 0.15) is 36.9 Å². The van der Waals surface area contributed by atoms with E-state index in [-0.39, 0.29) is 11.9 Å². The van der Waals surface area contributed by atoms with Gasteiger partial charge in [0.05, 0.1) is 0 Å². The fraction of sp³-hybridized carbons (Fsp3) is 0.429. The number of aryl methyl sites for hydroxylation is 1. The predicted octanol–water partition coefficient (Wildman–Crippen LogP) is 3.20. The summed E-state index contributed by atoms with van der Waals surface area (Å²) in [6, 6.07) is 5.52. The maximum atomic E-state index is 13.4. The Balaban J connectivity index is 2.83. The summed E-state index contributed by atoms with van der Waals surface area (Å²) in [4.78, 5) is 0. The summed E-state index contributed by atoms with van der Waals surface area (Å²) in [5.74, 6) is 2.47. The van der Waals surface area contributed by atoms with Gasteiger partial charge in [-0.25, -0.2) is 4.39 Å². The maximum absolute atomic E-state index is 13.4. The van der Waals surface area contributed by atoms with E-state index >= 15 is 0 Å². The molecule has 0 saturated heterocycles. The highest BCUT2D eigenvalue weighted by Crippen LogP contribution is 2.20. The van der Waals surface area contributed by atoms with E-state index in [0.29, 0.717) is 12.0 Å². The van der Waals surface area contributed by atoms with Gasteiger partial charge >= 0.3 is 0 Å². The number of terminal acetylenes is 1. The molecule has 1 rings (SSSR count). The predicted molar refractivity (Wildman–Crippen MR) is 65.6 cm³/mol. The molecule has 0 saturated carbocycles. The topological polar surface area (TPSA) is 12.0 Å². The van der Waals surface area contributed by atoms with Crippen molar-refractivity contribution in [1.82, 2.24) is 5.32 Å². The lowest BCUT2D eigenvalue weighted by Crippen LogP contribution is -2.20. The third-order valence-electron chi connectivity index (χ3n) is 2.63. The summed E-state index contributed by atoms with van der Waals surface area (Å²) >= 11 is 0. The van der Waals surface area contributed by atoms with E-state index in [9.17, 15) is 4.39 Å². The van der Waals surface area contributed by atoms with E-state index in [0.717, 1.165) is 18.5 Å². The number of hydrogen-bond acceptors (Lipinski definition) is 1. The van der Waals surface area contributed by atoms with Gasteiger partial charge in [-0.1, -0.05) is 19.1 Å². The number of hydrogen-bond donors (Lipinski definition) is 1. The highest BCUT2D eigenvalue weighted by Gasteiger charge is 2.10. The zero-order valence-corrected chi connectivity index (χ0v) is 9.89. The molecule has 2 heteroatoms. The van der Waals surface area contributed by atoms with Crippen LogP contribution in [0.4, 0.5) is 4.39 Å². The van der Waals surface area contributed by atoms with Crippen LogP contribution in [0, 0.1) is 25.1 Å². The first-order chi connectivity index (χ1) is 7.69. The Morgan fingerprint density at radius 2 is 2.25 bits per heavy atom. The molecule has 0 aliphatic carbocycles. The average molecular weight is 219 g/mol. The number of rotatable bonds is 5. The molecule has 16 heavy (non-hydrogen) atoms. The Morgan fingerprint density at radius 3 is 2.81 bits per heavy atom. The molecule has 1 aromatic rings. The molecular weight excluding hydrogens is 201 g/mol. The highest BCUT2D eigenvalue weighted by molar-refractivity contribution is 5.26. The minimum absolute atomic E-state index is 0.149. The standard InChI is InChI=1S/C14H18FN/c1-4-6-7-14(16-5-2)12-9-8-11(3)13(15)10-12/h1,8-10,14,16H,5-7H2,2-3H3. The molecule has 1 unspecified atom stereocenters. The molecule has 0 aliphatic heterocycles. The Labute approximate surface area is 97.1 Å². The maximum Gasteiger partial charge on any atom is 0.126 e. The molecule has 0 fully saturated rings. The second kappa shape index (κ2) is 6.30. The Hall–Kier alpha value is -1.33. The highest BCUT2D eigenvalue weighted by atomic mass is 19.1. The van der Waals surface area contributed by atoms with Crippen molar-refractivity contribution >= 4 is 0 Å². The van der Waals surface area contributed by atoms with Crippen molar-refractivity contribution < 1.29 is 4.39 Å². The van der Waals surface area contributed by atoms with E-state index in [2.05, 4.69) is 11.2 Å². The third-order valence-corrected chi connectivity index (χ3v) is 2.63. The molecule has 0 bridgehead atoms. The summed E-state index contributed by atoms with van der Waals surface area (Å²) in [6.45, 7) is 4.65. The van der Waals surface area contributed by atoms with Gasteiger partial charge < -0.3 is 5.32 Å². The van der Waals surface area contributed by atoms with Gasteiger partial charge in [0.1, 0.15) is 5.82 Å². The molecule has 0 radical (unpaired) electrons. The first kappa shape index (κ1) is 12.7. The fourth-order valence-corrected chi connectivity index (χ4v) is 1.69. The van der Waals surface area contributed by atoms with Gasteiger partial charge in [-0.05, 0) is 37.1 Å². The summed E-state index contributed by atoms with van der Waals surface area (Å²) in [5.41, 5.74) is 1.65. The number of halogens is 1. The first-order valence-corrected chi connectivity index (χ1v) is 5.62. The van der Waals surface area contributed by atoms with Gasteiger partial charge in [-0.3, -0.25) is 0 Å². The van der Waals surface area contributed by atoms with Crippen molar-refractivity contribution in [3.05, 3.63) is 35.1 Å². The molecule has 1 atom stereocenters. The lowest BCUT2D eigenvalue weighted by atomic mass is 10.0. The quantitative estimate of drug-likeness (QED) is 0.750. The van der Waals surface area contributed by atoms with Gasteiger partial charge in [-0.2, -0.15) is 0 Å². The van der Waals surface area contributed by atoms with Crippen LogP contribution >= 0.6 is 0 Å². The van der Waals surface area contributed by atoms with Crippen LogP contribution in [0.25, 0.3) is 0 Å². The molecule has 0 aliphatic rings. The molecular formula is C14H18FN. The van der Waals surface area contributed by atoms with Crippen LogP contribution in [-0.2, 0) is 0 Å². The molecule has 86 valence electrons. The lowest BCUT2D eigenvalue weighted by molar-refractivity contribution is 0.517. The van der Waals surface area contributed by atoms with Gasteiger partial charge in [0.15, 0.2) is 0 Å². The Bertz CT molecular complexity index is 379. The summed E-state index contributed by atoms with van der Waals surface area (Å²) in [6.07, 6.45) is 6.79. The van der Waals surface area contributed by atoms with Gasteiger partial charge in [0.2, 0.25) is 0 Å². The van der Waals surface area contributed by atoms with E-state index in [1.54, 1.807) is 13.0 Å². The molecule has 0 spiro atoms. The summed E-state index contributed by atoms with van der Waals surface area (Å²) < 4.78 is 13.4. The van der Waals surface area contributed by atoms with Crippen molar-refractivity contribution in [3.63, 3.8) is 0 Å². The first-order valence-electron chi connectivity index (χ1n) is 5.62. The van der Waals surface area contributed by atoms with E-state index < -0.39 is 0 Å². The van der Waals surface area contributed by atoms with Crippen molar-refractivity contribution in [2.75, 3.05) is 6.54 Å². The zero-order chi connectivity index (χ0) is 12.0. The molecule has 0 aromatic heterocycles. The minimum Gasteiger partial charge on any atom is -0.310 e. The van der Waals surface area contributed by atoms with Crippen molar-refractivity contribution in [2.45, 2.75) is 32.7 Å².